The van der Waals surface area contributed by atoms with Gasteiger partial charge in [-0.15, -0.1) is 0 Å². The topological polar surface area (TPSA) is 86.6 Å². The molecule has 2 unspecified atom stereocenters. The Hall–Kier alpha value is -2.46. The summed E-state index contributed by atoms with van der Waals surface area (Å²) >= 11 is 0. The number of nitrogens with one attached hydrogen (secondary N) is 1. The maximum atomic E-state index is 12.7. The van der Waals surface area contributed by atoms with Gasteiger partial charge in [-0.2, -0.15) is 0 Å². The SMILES string of the molecule is O=C(O)C(NP(=O)(O)c1ccc2ccccc2c1)c1ccccc1. The zero-order valence-electron chi connectivity index (χ0n) is 12.7. The van der Waals surface area contributed by atoms with E-state index in [0.717, 1.165) is 10.8 Å². The largest absolute Gasteiger partial charge is 0.480 e. The minimum atomic E-state index is -4.06. The molecule has 0 aliphatic carbocycles. The van der Waals surface area contributed by atoms with Crippen LogP contribution in [0.5, 0.6) is 0 Å². The summed E-state index contributed by atoms with van der Waals surface area (Å²) in [5.74, 6) is -1.21. The summed E-state index contributed by atoms with van der Waals surface area (Å²) in [5, 5.41) is 13.7. The number of rotatable bonds is 5. The van der Waals surface area contributed by atoms with Gasteiger partial charge in [0, 0.05) is 0 Å². The summed E-state index contributed by atoms with van der Waals surface area (Å²) < 4.78 is 12.7. The van der Waals surface area contributed by atoms with Crippen LogP contribution in [0.1, 0.15) is 11.6 Å². The average molecular weight is 341 g/mol. The summed E-state index contributed by atoms with van der Waals surface area (Å²) in [4.78, 5) is 21.9. The van der Waals surface area contributed by atoms with Gasteiger partial charge in [-0.05, 0) is 28.5 Å². The summed E-state index contributed by atoms with van der Waals surface area (Å²) in [6, 6.07) is 19.4. The zero-order valence-corrected chi connectivity index (χ0v) is 13.6. The van der Waals surface area contributed by atoms with E-state index in [9.17, 15) is 19.4 Å². The van der Waals surface area contributed by atoms with Gasteiger partial charge in [0.1, 0.15) is 6.04 Å². The molecule has 122 valence electrons. The third-order valence-corrected chi connectivity index (χ3v) is 5.35. The average Bonchev–Trinajstić information content (AvgIpc) is 2.60. The van der Waals surface area contributed by atoms with Crippen LogP contribution < -0.4 is 10.4 Å². The number of fused-ring (bicyclic) bond motifs is 1. The second-order valence-electron chi connectivity index (χ2n) is 5.42. The molecule has 3 aromatic carbocycles. The summed E-state index contributed by atoms with van der Waals surface area (Å²) in [7, 11) is -4.06. The van der Waals surface area contributed by atoms with Crippen LogP contribution in [0.3, 0.4) is 0 Å². The highest BCUT2D eigenvalue weighted by Gasteiger charge is 2.30. The minimum Gasteiger partial charge on any atom is -0.480 e. The second kappa shape index (κ2) is 6.57. The molecule has 0 saturated heterocycles. The Morgan fingerprint density at radius 1 is 0.917 bits per heavy atom. The highest BCUT2D eigenvalue weighted by Crippen LogP contribution is 2.38. The Balaban J connectivity index is 1.96. The van der Waals surface area contributed by atoms with Gasteiger partial charge in [-0.3, -0.25) is 9.36 Å². The van der Waals surface area contributed by atoms with E-state index in [1.807, 2.05) is 24.3 Å². The van der Waals surface area contributed by atoms with Gasteiger partial charge >= 0.3 is 5.97 Å². The van der Waals surface area contributed by atoms with Crippen LogP contribution in [0.25, 0.3) is 10.8 Å². The summed E-state index contributed by atoms with van der Waals surface area (Å²) in [6.45, 7) is 0. The number of carboxylic acid groups (broad SMARTS) is 1. The van der Waals surface area contributed by atoms with Crippen LogP contribution >= 0.6 is 7.52 Å². The van der Waals surface area contributed by atoms with E-state index in [0.29, 0.717) is 5.56 Å². The first-order chi connectivity index (χ1) is 11.5. The second-order valence-corrected chi connectivity index (χ2v) is 7.35. The van der Waals surface area contributed by atoms with Crippen molar-refractivity contribution >= 4 is 29.6 Å². The maximum absolute atomic E-state index is 12.7. The number of carbonyl (C=O) groups is 1. The van der Waals surface area contributed by atoms with Gasteiger partial charge in [0.15, 0.2) is 0 Å². The molecule has 0 radical (unpaired) electrons. The molecular weight excluding hydrogens is 325 g/mol. The Labute approximate surface area is 139 Å². The van der Waals surface area contributed by atoms with E-state index in [2.05, 4.69) is 5.09 Å². The first-order valence-corrected chi connectivity index (χ1v) is 9.01. The van der Waals surface area contributed by atoms with E-state index in [1.165, 1.54) is 0 Å². The standard InChI is InChI=1S/C18H16NO4P/c20-18(21)17(14-7-2-1-3-8-14)19-24(22,23)16-11-10-13-6-4-5-9-15(13)12-16/h1-12,17H,(H,20,21)(H2,19,22,23). The molecule has 3 aromatic rings. The fraction of sp³-hybridized carbons (Fsp3) is 0.0556. The molecule has 0 aliphatic rings. The van der Waals surface area contributed by atoms with Crippen molar-refractivity contribution in [2.45, 2.75) is 6.04 Å². The van der Waals surface area contributed by atoms with Gasteiger partial charge < -0.3 is 10.00 Å². The molecule has 0 aliphatic heterocycles. The van der Waals surface area contributed by atoms with Crippen molar-refractivity contribution in [2.75, 3.05) is 0 Å². The Morgan fingerprint density at radius 2 is 1.54 bits per heavy atom. The number of hydrogen-bond donors (Lipinski definition) is 3. The molecular formula is C18H16NO4P. The molecule has 0 spiro atoms. The smallest absolute Gasteiger partial charge is 0.325 e. The summed E-state index contributed by atoms with van der Waals surface area (Å²) in [6.07, 6.45) is 0. The molecule has 5 nitrogen and oxygen atoms in total. The van der Waals surface area contributed by atoms with Crippen LogP contribution in [0, 0.1) is 0 Å². The van der Waals surface area contributed by atoms with Gasteiger partial charge in [0.05, 0.1) is 5.30 Å². The number of aliphatic carboxylic acids is 1. The van der Waals surface area contributed by atoms with Crippen LogP contribution in [0.15, 0.2) is 72.8 Å². The highest BCUT2D eigenvalue weighted by molar-refractivity contribution is 7.64. The van der Waals surface area contributed by atoms with E-state index in [1.54, 1.807) is 48.5 Å². The van der Waals surface area contributed by atoms with Gasteiger partial charge in [0.25, 0.3) is 7.52 Å². The maximum Gasteiger partial charge on any atom is 0.325 e. The third-order valence-electron chi connectivity index (χ3n) is 3.77. The van der Waals surface area contributed by atoms with Crippen molar-refractivity contribution in [3.8, 4) is 0 Å². The minimum absolute atomic E-state index is 0.170. The van der Waals surface area contributed by atoms with Gasteiger partial charge in [-0.1, -0.05) is 60.7 Å². The lowest BCUT2D eigenvalue weighted by molar-refractivity contribution is -0.139. The molecule has 24 heavy (non-hydrogen) atoms. The molecule has 3 N–H and O–H groups in total. The third kappa shape index (κ3) is 3.39. The number of carboxylic acids is 1. The van der Waals surface area contributed by atoms with E-state index < -0.39 is 19.5 Å². The zero-order chi connectivity index (χ0) is 17.2. The van der Waals surface area contributed by atoms with E-state index >= 15 is 0 Å². The molecule has 0 heterocycles. The summed E-state index contributed by atoms with van der Waals surface area (Å²) in [5.41, 5.74) is 0.417. The van der Waals surface area contributed by atoms with Crippen molar-refractivity contribution in [3.63, 3.8) is 0 Å². The first kappa shape index (κ1) is 16.4. The molecule has 2 atom stereocenters. The number of benzene rings is 3. The molecule has 3 rings (SSSR count). The first-order valence-electron chi connectivity index (χ1n) is 7.35. The van der Waals surface area contributed by atoms with Crippen molar-refractivity contribution in [1.29, 1.82) is 0 Å². The fourth-order valence-corrected chi connectivity index (χ4v) is 3.88. The Bertz CT molecular complexity index is 926. The van der Waals surface area contributed by atoms with Gasteiger partial charge in [0.2, 0.25) is 0 Å². The van der Waals surface area contributed by atoms with Crippen LogP contribution in [0.4, 0.5) is 0 Å². The van der Waals surface area contributed by atoms with E-state index in [-0.39, 0.29) is 5.30 Å². The predicted molar refractivity (Wildman–Crippen MR) is 93.4 cm³/mol. The highest BCUT2D eigenvalue weighted by atomic mass is 31.2. The van der Waals surface area contributed by atoms with Crippen molar-refractivity contribution in [1.82, 2.24) is 5.09 Å². The van der Waals surface area contributed by atoms with E-state index in [4.69, 9.17) is 0 Å². The lowest BCUT2D eigenvalue weighted by atomic mass is 10.1. The number of hydrogen-bond acceptors (Lipinski definition) is 2. The molecule has 0 amide bonds. The van der Waals surface area contributed by atoms with Crippen molar-refractivity contribution in [2.24, 2.45) is 0 Å². The van der Waals surface area contributed by atoms with Crippen LogP contribution in [0.2, 0.25) is 0 Å². The predicted octanol–water partition coefficient (Wildman–Crippen LogP) is 3.07. The van der Waals surface area contributed by atoms with Crippen molar-refractivity contribution in [3.05, 3.63) is 78.4 Å². The molecule has 0 fully saturated rings. The molecule has 0 bridgehead atoms. The van der Waals surface area contributed by atoms with Gasteiger partial charge in [-0.25, -0.2) is 5.09 Å². The fourth-order valence-electron chi connectivity index (χ4n) is 2.53. The lowest BCUT2D eigenvalue weighted by Crippen LogP contribution is -2.29. The quantitative estimate of drug-likeness (QED) is 0.621. The van der Waals surface area contributed by atoms with Crippen LogP contribution in [-0.2, 0) is 9.36 Å². The van der Waals surface area contributed by atoms with Crippen molar-refractivity contribution < 1.29 is 19.4 Å². The Morgan fingerprint density at radius 3 is 2.21 bits per heavy atom. The lowest BCUT2D eigenvalue weighted by Gasteiger charge is -2.20. The Kier molecular flexibility index (Phi) is 4.49. The molecule has 0 saturated carbocycles. The molecule has 0 aromatic heterocycles. The monoisotopic (exact) mass is 341 g/mol. The van der Waals surface area contributed by atoms with Crippen LogP contribution in [-0.4, -0.2) is 16.0 Å². The normalized spacial score (nSPS) is 14.9. The molecule has 6 heteroatoms.